The summed E-state index contributed by atoms with van der Waals surface area (Å²) < 4.78 is 5.48. The predicted octanol–water partition coefficient (Wildman–Crippen LogP) is 3.69. The van der Waals surface area contributed by atoms with E-state index in [9.17, 15) is 4.79 Å². The van der Waals surface area contributed by atoms with Crippen LogP contribution in [0.15, 0.2) is 60.7 Å². The molecule has 2 aromatic carbocycles. The van der Waals surface area contributed by atoms with E-state index < -0.39 is 0 Å². The van der Waals surface area contributed by atoms with E-state index in [0.717, 1.165) is 29.6 Å². The molecule has 1 fully saturated rings. The van der Waals surface area contributed by atoms with Gasteiger partial charge in [-0.3, -0.25) is 9.69 Å². The van der Waals surface area contributed by atoms with Crippen molar-refractivity contribution < 1.29 is 9.53 Å². The molecule has 1 amide bonds. The molecule has 1 aliphatic heterocycles. The first-order valence-corrected chi connectivity index (χ1v) is 9.80. The number of para-hydroxylation sites is 1. The Kier molecular flexibility index (Phi) is 5.86. The molecule has 0 spiro atoms. The van der Waals surface area contributed by atoms with Crippen molar-refractivity contribution >= 4 is 28.4 Å². The van der Waals surface area contributed by atoms with Crippen LogP contribution in [0, 0.1) is 0 Å². The lowest BCUT2D eigenvalue weighted by Crippen LogP contribution is -2.43. The lowest BCUT2D eigenvalue weighted by molar-refractivity contribution is 0.0162. The molecule has 1 aromatic heterocycles. The summed E-state index contributed by atoms with van der Waals surface area (Å²) in [6, 6.07) is 19.3. The first-order chi connectivity index (χ1) is 13.7. The summed E-state index contributed by atoms with van der Waals surface area (Å²) >= 11 is 6.05. The smallest absolute Gasteiger partial charge is 0.269 e. The fourth-order valence-corrected chi connectivity index (χ4v) is 3.63. The second-order valence-corrected chi connectivity index (χ2v) is 7.25. The summed E-state index contributed by atoms with van der Waals surface area (Å²) in [5.41, 5.74) is 2.37. The van der Waals surface area contributed by atoms with Crippen molar-refractivity contribution in [3.63, 3.8) is 0 Å². The Hall–Kier alpha value is -2.47. The number of nitrogens with zero attached hydrogens (tertiary/aromatic N) is 2. The third-order valence-corrected chi connectivity index (χ3v) is 5.28. The molecule has 6 heteroatoms. The fourth-order valence-electron chi connectivity index (χ4n) is 3.50. The van der Waals surface area contributed by atoms with Gasteiger partial charge in [-0.05, 0) is 29.8 Å². The van der Waals surface area contributed by atoms with E-state index >= 15 is 0 Å². The van der Waals surface area contributed by atoms with Crippen molar-refractivity contribution in [3.8, 4) is 0 Å². The Morgan fingerprint density at radius 2 is 1.82 bits per heavy atom. The van der Waals surface area contributed by atoms with Gasteiger partial charge in [-0.25, -0.2) is 4.98 Å². The normalized spacial score (nSPS) is 16.0. The van der Waals surface area contributed by atoms with Gasteiger partial charge in [0.15, 0.2) is 0 Å². The zero-order valence-electron chi connectivity index (χ0n) is 15.5. The highest BCUT2D eigenvalue weighted by Crippen LogP contribution is 2.23. The summed E-state index contributed by atoms with van der Waals surface area (Å²) in [4.78, 5) is 19.5. The first-order valence-electron chi connectivity index (χ1n) is 9.42. The van der Waals surface area contributed by atoms with Gasteiger partial charge in [0.05, 0.1) is 24.8 Å². The third kappa shape index (κ3) is 4.33. The van der Waals surface area contributed by atoms with Crippen LogP contribution < -0.4 is 5.32 Å². The van der Waals surface area contributed by atoms with Crippen molar-refractivity contribution in [2.45, 2.75) is 6.04 Å². The van der Waals surface area contributed by atoms with Crippen LogP contribution in [0.5, 0.6) is 0 Å². The van der Waals surface area contributed by atoms with Gasteiger partial charge >= 0.3 is 0 Å². The molecule has 1 atom stereocenters. The second-order valence-electron chi connectivity index (χ2n) is 6.81. The van der Waals surface area contributed by atoms with Gasteiger partial charge in [0.25, 0.3) is 5.91 Å². The van der Waals surface area contributed by atoms with Gasteiger partial charge in [0.1, 0.15) is 5.69 Å². The SMILES string of the molecule is O=C(NCC(c1ccc(Cl)cc1)N1CCOCC1)c1ccc2ccccc2n1. The molecular formula is C22H22ClN3O2. The van der Waals surface area contributed by atoms with E-state index in [1.165, 1.54) is 0 Å². The minimum Gasteiger partial charge on any atom is -0.379 e. The average Bonchev–Trinajstić information content (AvgIpc) is 2.75. The molecule has 5 nitrogen and oxygen atoms in total. The highest BCUT2D eigenvalue weighted by atomic mass is 35.5. The standard InChI is InChI=1S/C22H22ClN3O2/c23-18-8-5-17(6-9-18)21(26-11-13-28-14-12-26)15-24-22(27)20-10-7-16-3-1-2-4-19(16)25-20/h1-10,21H,11-15H2,(H,24,27). The van der Waals surface area contributed by atoms with Crippen molar-refractivity contribution in [1.29, 1.82) is 0 Å². The minimum atomic E-state index is -0.169. The number of ether oxygens (including phenoxy) is 1. The Morgan fingerprint density at radius 3 is 2.61 bits per heavy atom. The van der Waals surface area contributed by atoms with Crippen LogP contribution in [-0.4, -0.2) is 48.6 Å². The Balaban J connectivity index is 1.50. The number of pyridine rings is 1. The molecule has 0 aliphatic carbocycles. The Labute approximate surface area is 169 Å². The molecule has 144 valence electrons. The number of carbonyl (C=O) groups excluding carboxylic acids is 1. The maximum absolute atomic E-state index is 12.7. The van der Waals surface area contributed by atoms with E-state index in [4.69, 9.17) is 16.3 Å². The molecule has 2 heterocycles. The van der Waals surface area contributed by atoms with Crippen molar-refractivity contribution in [2.24, 2.45) is 0 Å². The number of hydrogen-bond donors (Lipinski definition) is 1. The van der Waals surface area contributed by atoms with Crippen LogP contribution >= 0.6 is 11.6 Å². The van der Waals surface area contributed by atoms with Gasteiger partial charge in [-0.2, -0.15) is 0 Å². The molecule has 1 saturated heterocycles. The number of amides is 1. The molecule has 0 radical (unpaired) electrons. The van der Waals surface area contributed by atoms with Crippen LogP contribution in [-0.2, 0) is 4.74 Å². The van der Waals surface area contributed by atoms with Crippen molar-refractivity contribution in [2.75, 3.05) is 32.8 Å². The summed E-state index contributed by atoms with van der Waals surface area (Å²) in [5, 5.41) is 4.78. The minimum absolute atomic E-state index is 0.0607. The van der Waals surface area contributed by atoms with Gasteiger partial charge in [0.2, 0.25) is 0 Å². The van der Waals surface area contributed by atoms with Crippen LogP contribution in [0.3, 0.4) is 0 Å². The first kappa shape index (κ1) is 18.9. The number of carbonyl (C=O) groups is 1. The molecule has 28 heavy (non-hydrogen) atoms. The van der Waals surface area contributed by atoms with Gasteiger partial charge in [-0.15, -0.1) is 0 Å². The number of hydrogen-bond acceptors (Lipinski definition) is 4. The van der Waals surface area contributed by atoms with E-state index in [2.05, 4.69) is 15.2 Å². The molecule has 4 rings (SSSR count). The molecular weight excluding hydrogens is 374 g/mol. The number of morpholine rings is 1. The Bertz CT molecular complexity index is 955. The Morgan fingerprint density at radius 1 is 1.07 bits per heavy atom. The predicted molar refractivity (Wildman–Crippen MR) is 111 cm³/mol. The topological polar surface area (TPSA) is 54.5 Å². The number of benzene rings is 2. The zero-order valence-corrected chi connectivity index (χ0v) is 16.2. The molecule has 1 N–H and O–H groups in total. The van der Waals surface area contributed by atoms with Gasteiger partial charge in [0, 0.05) is 30.0 Å². The largest absolute Gasteiger partial charge is 0.379 e. The monoisotopic (exact) mass is 395 g/mol. The van der Waals surface area contributed by atoms with Gasteiger partial charge in [-0.1, -0.05) is 48.0 Å². The molecule has 3 aromatic rings. The number of nitrogens with one attached hydrogen (secondary N) is 1. The van der Waals surface area contributed by atoms with E-state index in [-0.39, 0.29) is 11.9 Å². The quantitative estimate of drug-likeness (QED) is 0.715. The van der Waals surface area contributed by atoms with Gasteiger partial charge < -0.3 is 10.1 Å². The molecule has 1 unspecified atom stereocenters. The average molecular weight is 396 g/mol. The summed E-state index contributed by atoms with van der Waals surface area (Å²) in [6.07, 6.45) is 0. The van der Waals surface area contributed by atoms with Crippen LogP contribution in [0.4, 0.5) is 0 Å². The van der Waals surface area contributed by atoms with E-state index in [1.54, 1.807) is 6.07 Å². The molecule has 1 aliphatic rings. The summed E-state index contributed by atoms with van der Waals surface area (Å²) in [5.74, 6) is -0.169. The lowest BCUT2D eigenvalue weighted by Gasteiger charge is -2.35. The summed E-state index contributed by atoms with van der Waals surface area (Å²) in [6.45, 7) is 3.55. The molecule has 0 saturated carbocycles. The lowest BCUT2D eigenvalue weighted by atomic mass is 10.0. The second kappa shape index (κ2) is 8.69. The highest BCUT2D eigenvalue weighted by molar-refractivity contribution is 6.30. The maximum atomic E-state index is 12.7. The number of fused-ring (bicyclic) bond motifs is 1. The summed E-state index contributed by atoms with van der Waals surface area (Å²) in [7, 11) is 0. The number of rotatable bonds is 5. The maximum Gasteiger partial charge on any atom is 0.269 e. The van der Waals surface area contributed by atoms with Crippen molar-refractivity contribution in [3.05, 3.63) is 76.9 Å². The number of halogens is 1. The highest BCUT2D eigenvalue weighted by Gasteiger charge is 2.23. The van der Waals surface area contributed by atoms with E-state index in [0.29, 0.717) is 30.5 Å². The van der Waals surface area contributed by atoms with Crippen molar-refractivity contribution in [1.82, 2.24) is 15.2 Å². The zero-order chi connectivity index (χ0) is 19.3. The number of aromatic nitrogens is 1. The van der Waals surface area contributed by atoms with E-state index in [1.807, 2.05) is 54.6 Å². The van der Waals surface area contributed by atoms with Crippen LogP contribution in [0.1, 0.15) is 22.1 Å². The third-order valence-electron chi connectivity index (χ3n) is 5.03. The van der Waals surface area contributed by atoms with Crippen LogP contribution in [0.2, 0.25) is 5.02 Å². The fraction of sp³-hybridized carbons (Fsp3) is 0.273. The van der Waals surface area contributed by atoms with Crippen LogP contribution in [0.25, 0.3) is 10.9 Å². The molecule has 0 bridgehead atoms.